The van der Waals surface area contributed by atoms with Crippen molar-refractivity contribution in [2.45, 2.75) is 17.2 Å². The van der Waals surface area contributed by atoms with Gasteiger partial charge < -0.3 is 20.1 Å². The lowest BCUT2D eigenvalue weighted by molar-refractivity contribution is -0.140. The number of hydrogen-bond acceptors (Lipinski definition) is 9. The second-order valence-electron chi connectivity index (χ2n) is 6.26. The molecular formula is C21H22N4O4S2. The van der Waals surface area contributed by atoms with Gasteiger partial charge in [-0.15, -0.1) is 10.2 Å². The lowest BCUT2D eigenvalue weighted by atomic mass is 10.3. The lowest BCUT2D eigenvalue weighted by Crippen LogP contribution is -2.26. The molecule has 0 saturated carbocycles. The van der Waals surface area contributed by atoms with E-state index in [1.807, 2.05) is 54.6 Å². The number of anilines is 2. The maximum Gasteiger partial charge on any atom is 0.305 e. The molecule has 0 radical (unpaired) electrons. The van der Waals surface area contributed by atoms with Gasteiger partial charge in [-0.3, -0.25) is 9.59 Å². The van der Waals surface area contributed by atoms with Gasteiger partial charge in [0, 0.05) is 18.7 Å². The number of aromatic nitrogens is 2. The Morgan fingerprint density at radius 1 is 1.03 bits per heavy atom. The van der Waals surface area contributed by atoms with E-state index in [4.69, 9.17) is 4.74 Å². The molecule has 0 fully saturated rings. The molecule has 0 bridgehead atoms. The molecule has 0 unspecified atom stereocenters. The van der Waals surface area contributed by atoms with E-state index in [9.17, 15) is 9.59 Å². The molecule has 1 amide bonds. The zero-order chi connectivity index (χ0) is 21.9. The highest BCUT2D eigenvalue weighted by molar-refractivity contribution is 8.01. The zero-order valence-corrected chi connectivity index (χ0v) is 18.5. The minimum atomic E-state index is -0.282. The van der Waals surface area contributed by atoms with Gasteiger partial charge in [0.1, 0.15) is 11.5 Å². The Hall–Kier alpha value is -3.11. The van der Waals surface area contributed by atoms with Gasteiger partial charge in [0.25, 0.3) is 0 Å². The van der Waals surface area contributed by atoms with Gasteiger partial charge >= 0.3 is 5.97 Å². The van der Waals surface area contributed by atoms with E-state index in [1.54, 1.807) is 0 Å². The fourth-order valence-electron chi connectivity index (χ4n) is 2.41. The highest BCUT2D eigenvalue weighted by Crippen LogP contribution is 2.29. The molecule has 2 N–H and O–H groups in total. The van der Waals surface area contributed by atoms with E-state index in [0.29, 0.717) is 22.4 Å². The molecule has 3 aromatic rings. The summed E-state index contributed by atoms with van der Waals surface area (Å²) in [6.45, 7) is 0.432. The number of ether oxygens (including phenoxy) is 2. The summed E-state index contributed by atoms with van der Waals surface area (Å²) in [5, 5.41) is 14.8. The van der Waals surface area contributed by atoms with Gasteiger partial charge in [-0.1, -0.05) is 41.3 Å². The third-order valence-corrected chi connectivity index (χ3v) is 5.90. The highest BCUT2D eigenvalue weighted by atomic mass is 32.2. The van der Waals surface area contributed by atoms with Crippen molar-refractivity contribution >= 4 is 45.8 Å². The van der Waals surface area contributed by atoms with Crippen LogP contribution in [0.2, 0.25) is 0 Å². The minimum absolute atomic E-state index is 0.117. The molecule has 0 saturated heterocycles. The Bertz CT molecular complexity index is 981. The smallest absolute Gasteiger partial charge is 0.305 e. The van der Waals surface area contributed by atoms with Crippen molar-refractivity contribution < 1.29 is 19.1 Å². The summed E-state index contributed by atoms with van der Waals surface area (Å²) in [7, 11) is 1.35. The van der Waals surface area contributed by atoms with Crippen molar-refractivity contribution in [3.63, 3.8) is 0 Å². The summed E-state index contributed by atoms with van der Waals surface area (Å²) >= 11 is 2.68. The molecule has 162 valence electrons. The average molecular weight is 459 g/mol. The summed E-state index contributed by atoms with van der Waals surface area (Å²) in [6.07, 6.45) is 0.833. The topological polar surface area (TPSA) is 102 Å². The van der Waals surface area contributed by atoms with Gasteiger partial charge in [0.2, 0.25) is 11.0 Å². The Labute approximate surface area is 188 Å². The van der Waals surface area contributed by atoms with Gasteiger partial charge in [-0.05, 0) is 42.8 Å². The molecule has 1 heterocycles. The Morgan fingerprint density at radius 3 is 2.52 bits per heavy atom. The third-order valence-electron chi connectivity index (χ3n) is 3.93. The molecule has 8 nitrogen and oxygen atoms in total. The molecule has 0 aliphatic rings. The first-order valence-corrected chi connectivity index (χ1v) is 11.3. The number of rotatable bonds is 11. The average Bonchev–Trinajstić information content (AvgIpc) is 3.24. The maximum absolute atomic E-state index is 11.9. The van der Waals surface area contributed by atoms with Crippen LogP contribution in [0.3, 0.4) is 0 Å². The number of hydrogen-bond donors (Lipinski definition) is 2. The molecule has 0 atom stereocenters. The van der Waals surface area contributed by atoms with Crippen molar-refractivity contribution in [2.24, 2.45) is 0 Å². The van der Waals surface area contributed by atoms with E-state index in [0.717, 1.165) is 17.2 Å². The van der Waals surface area contributed by atoms with Crippen LogP contribution in [0.5, 0.6) is 11.5 Å². The van der Waals surface area contributed by atoms with Crippen LogP contribution in [0.4, 0.5) is 10.8 Å². The molecule has 10 heteroatoms. The van der Waals surface area contributed by atoms with E-state index < -0.39 is 0 Å². The molecule has 0 aliphatic carbocycles. The largest absolute Gasteiger partial charge is 0.469 e. The van der Waals surface area contributed by atoms with Crippen LogP contribution in [0.15, 0.2) is 58.9 Å². The van der Waals surface area contributed by atoms with E-state index in [1.165, 1.54) is 30.2 Å². The van der Waals surface area contributed by atoms with Crippen molar-refractivity contribution in [3.05, 3.63) is 54.6 Å². The van der Waals surface area contributed by atoms with E-state index >= 15 is 0 Å². The second kappa shape index (κ2) is 11.9. The fourth-order valence-corrected chi connectivity index (χ4v) is 4.02. The lowest BCUT2D eigenvalue weighted by Gasteiger charge is -2.06. The number of esters is 1. The zero-order valence-electron chi connectivity index (χ0n) is 16.9. The number of nitrogens with zero attached hydrogens (tertiary/aromatic N) is 2. The number of thioether (sulfide) groups is 1. The Kier molecular flexibility index (Phi) is 8.68. The number of benzene rings is 2. The van der Waals surface area contributed by atoms with Crippen molar-refractivity contribution in [1.82, 2.24) is 15.5 Å². The standard InChI is InChI=1S/C21H22N4O4S2/c1-28-19(27)8-5-13-22-18(26)14-30-21-25-24-20(31-21)23-15-9-11-17(12-10-15)29-16-6-3-2-4-7-16/h2-4,6-7,9-12H,5,8,13-14H2,1H3,(H,22,26)(H,23,24). The van der Waals surface area contributed by atoms with Crippen molar-refractivity contribution in [3.8, 4) is 11.5 Å². The molecule has 0 aliphatic heterocycles. The molecule has 31 heavy (non-hydrogen) atoms. The first kappa shape index (κ1) is 22.6. The van der Waals surface area contributed by atoms with Crippen LogP contribution < -0.4 is 15.4 Å². The minimum Gasteiger partial charge on any atom is -0.469 e. The first-order chi connectivity index (χ1) is 15.1. The number of nitrogens with one attached hydrogen (secondary N) is 2. The Morgan fingerprint density at radius 2 is 1.77 bits per heavy atom. The predicted octanol–water partition coefficient (Wildman–Crippen LogP) is 4.24. The fraction of sp³-hybridized carbons (Fsp3) is 0.238. The number of carbonyl (C=O) groups excluding carboxylic acids is 2. The normalized spacial score (nSPS) is 10.4. The first-order valence-electron chi connectivity index (χ1n) is 9.52. The number of methoxy groups -OCH3 is 1. The SMILES string of the molecule is COC(=O)CCCNC(=O)CSc1nnc(Nc2ccc(Oc3ccccc3)cc2)s1. The number of amides is 1. The monoisotopic (exact) mass is 458 g/mol. The molecule has 2 aromatic carbocycles. The quantitative estimate of drug-likeness (QED) is 0.250. The van der Waals surface area contributed by atoms with Crippen LogP contribution in [-0.4, -0.2) is 41.5 Å². The molecule has 1 aromatic heterocycles. The van der Waals surface area contributed by atoms with Crippen LogP contribution in [0, 0.1) is 0 Å². The number of carbonyl (C=O) groups is 2. The van der Waals surface area contributed by atoms with Crippen LogP contribution in [-0.2, 0) is 14.3 Å². The summed E-state index contributed by atoms with van der Waals surface area (Å²) in [6, 6.07) is 17.1. The van der Waals surface area contributed by atoms with Gasteiger partial charge in [0.15, 0.2) is 4.34 Å². The number of para-hydroxylation sites is 1. The Balaban J connectivity index is 1.40. The predicted molar refractivity (Wildman–Crippen MR) is 121 cm³/mol. The second-order valence-corrected chi connectivity index (χ2v) is 8.46. The summed E-state index contributed by atoms with van der Waals surface area (Å²) < 4.78 is 11.0. The molecule has 3 rings (SSSR count). The van der Waals surface area contributed by atoms with Crippen LogP contribution in [0.25, 0.3) is 0 Å². The van der Waals surface area contributed by atoms with Crippen LogP contribution >= 0.6 is 23.1 Å². The van der Waals surface area contributed by atoms with E-state index in [2.05, 4.69) is 25.6 Å². The third kappa shape index (κ3) is 7.91. The summed E-state index contributed by atoms with van der Waals surface area (Å²) in [5.41, 5.74) is 0.858. The van der Waals surface area contributed by atoms with Crippen LogP contribution in [0.1, 0.15) is 12.8 Å². The van der Waals surface area contributed by atoms with Gasteiger partial charge in [-0.2, -0.15) is 0 Å². The van der Waals surface area contributed by atoms with Crippen molar-refractivity contribution in [2.75, 3.05) is 24.7 Å². The highest BCUT2D eigenvalue weighted by Gasteiger charge is 2.09. The maximum atomic E-state index is 11.9. The molecule has 0 spiro atoms. The van der Waals surface area contributed by atoms with E-state index in [-0.39, 0.29) is 24.1 Å². The summed E-state index contributed by atoms with van der Waals surface area (Å²) in [5.74, 6) is 1.35. The summed E-state index contributed by atoms with van der Waals surface area (Å²) in [4.78, 5) is 22.9. The van der Waals surface area contributed by atoms with Gasteiger partial charge in [0.05, 0.1) is 12.9 Å². The van der Waals surface area contributed by atoms with Gasteiger partial charge in [-0.25, -0.2) is 0 Å². The molecular weight excluding hydrogens is 436 g/mol. The van der Waals surface area contributed by atoms with Crippen molar-refractivity contribution in [1.29, 1.82) is 0 Å².